The van der Waals surface area contributed by atoms with Crippen LogP contribution in [0.25, 0.3) is 5.82 Å². The molecule has 0 saturated carbocycles. The summed E-state index contributed by atoms with van der Waals surface area (Å²) in [7, 11) is 0. The second kappa shape index (κ2) is 7.18. The number of hydrogen-bond acceptors (Lipinski definition) is 4. The largest absolute Gasteiger partial charge is 0.326 e. The highest BCUT2D eigenvalue weighted by Gasteiger charge is 2.09. The average Bonchev–Trinajstić information content (AvgIpc) is 2.93. The molecular weight excluding hydrogens is 330 g/mol. The van der Waals surface area contributed by atoms with Crippen LogP contribution in [0.4, 0.5) is 11.4 Å². The van der Waals surface area contributed by atoms with Crippen molar-refractivity contribution in [2.45, 2.75) is 20.8 Å². The summed E-state index contributed by atoms with van der Waals surface area (Å²) in [6, 6.07) is 12.3. The molecule has 2 amide bonds. The fourth-order valence-electron chi connectivity index (χ4n) is 2.59. The molecule has 7 heteroatoms. The summed E-state index contributed by atoms with van der Waals surface area (Å²) in [5, 5.41) is 9.83. The van der Waals surface area contributed by atoms with E-state index in [0.29, 0.717) is 22.8 Å². The molecule has 0 unspecified atom stereocenters. The molecule has 0 aliphatic heterocycles. The van der Waals surface area contributed by atoms with E-state index >= 15 is 0 Å². The van der Waals surface area contributed by atoms with Crippen molar-refractivity contribution in [2.75, 3.05) is 10.6 Å². The van der Waals surface area contributed by atoms with E-state index < -0.39 is 0 Å². The number of nitrogens with one attached hydrogen (secondary N) is 2. The molecule has 0 aliphatic rings. The second-order valence-corrected chi connectivity index (χ2v) is 5.96. The molecule has 0 saturated heterocycles. The summed E-state index contributed by atoms with van der Waals surface area (Å²) in [6.45, 7) is 5.30. The third-order valence-corrected chi connectivity index (χ3v) is 3.68. The number of aryl methyl sites for hydroxylation is 2. The number of anilines is 2. The molecule has 0 atom stereocenters. The predicted octanol–water partition coefficient (Wildman–Crippen LogP) is 3.09. The van der Waals surface area contributed by atoms with Gasteiger partial charge in [-0.05, 0) is 50.2 Å². The van der Waals surface area contributed by atoms with Gasteiger partial charge in [-0.25, -0.2) is 9.67 Å². The molecular formula is C19H19N5O2. The summed E-state index contributed by atoms with van der Waals surface area (Å²) in [4.78, 5) is 27.9. The molecule has 2 N–H and O–H groups in total. The van der Waals surface area contributed by atoms with Crippen molar-refractivity contribution >= 4 is 23.2 Å². The first-order valence-electron chi connectivity index (χ1n) is 8.11. The SMILES string of the molecule is CC(=O)Nc1cccc(C(=O)Nc2ccc(-n3nc(C)cc3C)nc2)c1. The molecule has 0 bridgehead atoms. The first-order chi connectivity index (χ1) is 12.4. The lowest BCUT2D eigenvalue weighted by Gasteiger charge is -2.08. The lowest BCUT2D eigenvalue weighted by molar-refractivity contribution is -0.114. The Hall–Kier alpha value is -3.48. The van der Waals surface area contributed by atoms with Crippen LogP contribution >= 0.6 is 0 Å². The van der Waals surface area contributed by atoms with Gasteiger partial charge in [0.2, 0.25) is 5.91 Å². The molecule has 1 aromatic carbocycles. The van der Waals surface area contributed by atoms with E-state index in [1.807, 2.05) is 19.9 Å². The summed E-state index contributed by atoms with van der Waals surface area (Å²) in [5.41, 5.74) is 3.49. The number of carbonyl (C=O) groups excluding carboxylic acids is 2. The monoisotopic (exact) mass is 349 g/mol. The third-order valence-electron chi connectivity index (χ3n) is 3.68. The van der Waals surface area contributed by atoms with Gasteiger partial charge in [-0.1, -0.05) is 6.07 Å². The highest BCUT2D eigenvalue weighted by Crippen LogP contribution is 2.15. The smallest absolute Gasteiger partial charge is 0.255 e. The van der Waals surface area contributed by atoms with E-state index in [9.17, 15) is 9.59 Å². The number of pyridine rings is 1. The minimum Gasteiger partial charge on any atom is -0.326 e. The normalized spacial score (nSPS) is 10.4. The van der Waals surface area contributed by atoms with E-state index in [-0.39, 0.29) is 11.8 Å². The Balaban J connectivity index is 1.74. The first-order valence-corrected chi connectivity index (χ1v) is 8.11. The second-order valence-electron chi connectivity index (χ2n) is 5.96. The maximum absolute atomic E-state index is 12.4. The molecule has 0 aliphatic carbocycles. The van der Waals surface area contributed by atoms with E-state index in [1.165, 1.54) is 6.92 Å². The Morgan fingerprint density at radius 1 is 1.00 bits per heavy atom. The summed E-state index contributed by atoms with van der Waals surface area (Å²) >= 11 is 0. The summed E-state index contributed by atoms with van der Waals surface area (Å²) < 4.78 is 1.75. The van der Waals surface area contributed by atoms with Crippen LogP contribution in [0.15, 0.2) is 48.7 Å². The van der Waals surface area contributed by atoms with Gasteiger partial charge in [0.15, 0.2) is 5.82 Å². The standard InChI is InChI=1S/C19H19N5O2/c1-12-9-13(2)24(23-12)18-8-7-17(11-20-18)22-19(26)15-5-4-6-16(10-15)21-14(3)25/h4-11H,1-3H3,(H,21,25)(H,22,26). The number of hydrogen-bond donors (Lipinski definition) is 2. The number of aromatic nitrogens is 3. The van der Waals surface area contributed by atoms with Gasteiger partial charge >= 0.3 is 0 Å². The fraction of sp³-hybridized carbons (Fsp3) is 0.158. The highest BCUT2D eigenvalue weighted by molar-refractivity contribution is 6.05. The molecule has 3 rings (SSSR count). The zero-order valence-electron chi connectivity index (χ0n) is 14.8. The van der Waals surface area contributed by atoms with Crippen LogP contribution in [-0.2, 0) is 4.79 Å². The van der Waals surface area contributed by atoms with Gasteiger partial charge in [0.1, 0.15) is 0 Å². The van der Waals surface area contributed by atoms with Gasteiger partial charge in [0.25, 0.3) is 5.91 Å². The summed E-state index contributed by atoms with van der Waals surface area (Å²) in [6.07, 6.45) is 1.58. The van der Waals surface area contributed by atoms with Crippen molar-refractivity contribution in [3.05, 3.63) is 65.6 Å². The van der Waals surface area contributed by atoms with Gasteiger partial charge in [-0.2, -0.15) is 5.10 Å². The number of rotatable bonds is 4. The van der Waals surface area contributed by atoms with Crippen molar-refractivity contribution in [3.8, 4) is 5.82 Å². The van der Waals surface area contributed by atoms with Crippen LogP contribution < -0.4 is 10.6 Å². The number of amides is 2. The van der Waals surface area contributed by atoms with Gasteiger partial charge in [-0.3, -0.25) is 9.59 Å². The van der Waals surface area contributed by atoms with Crippen LogP contribution in [0.3, 0.4) is 0 Å². The number of nitrogens with zero attached hydrogens (tertiary/aromatic N) is 3. The minimum absolute atomic E-state index is 0.188. The Morgan fingerprint density at radius 3 is 2.42 bits per heavy atom. The highest BCUT2D eigenvalue weighted by atomic mass is 16.2. The van der Waals surface area contributed by atoms with Crippen molar-refractivity contribution in [1.29, 1.82) is 0 Å². The zero-order chi connectivity index (χ0) is 18.7. The van der Waals surface area contributed by atoms with Gasteiger partial charge in [-0.15, -0.1) is 0 Å². The summed E-state index contributed by atoms with van der Waals surface area (Å²) in [5.74, 6) is 0.214. The molecule has 0 radical (unpaired) electrons. The first kappa shape index (κ1) is 17.3. The van der Waals surface area contributed by atoms with E-state index in [2.05, 4.69) is 20.7 Å². The van der Waals surface area contributed by atoms with Crippen LogP contribution in [0.2, 0.25) is 0 Å². The number of carbonyl (C=O) groups is 2. The Kier molecular flexibility index (Phi) is 4.79. The van der Waals surface area contributed by atoms with Gasteiger partial charge in [0, 0.05) is 23.9 Å². The van der Waals surface area contributed by atoms with Crippen LogP contribution in [0, 0.1) is 13.8 Å². The molecule has 3 aromatic rings. The lowest BCUT2D eigenvalue weighted by atomic mass is 10.2. The Bertz CT molecular complexity index is 960. The maximum Gasteiger partial charge on any atom is 0.255 e. The van der Waals surface area contributed by atoms with Crippen LogP contribution in [0.5, 0.6) is 0 Å². The third kappa shape index (κ3) is 3.94. The van der Waals surface area contributed by atoms with E-state index in [0.717, 1.165) is 11.4 Å². The van der Waals surface area contributed by atoms with Crippen molar-refractivity contribution in [3.63, 3.8) is 0 Å². The topological polar surface area (TPSA) is 88.9 Å². The molecule has 2 aromatic heterocycles. The average molecular weight is 349 g/mol. The molecule has 7 nitrogen and oxygen atoms in total. The van der Waals surface area contributed by atoms with Gasteiger partial charge in [0.05, 0.1) is 17.6 Å². The van der Waals surface area contributed by atoms with Crippen LogP contribution in [-0.4, -0.2) is 26.6 Å². The zero-order valence-corrected chi connectivity index (χ0v) is 14.8. The Morgan fingerprint density at radius 2 is 1.81 bits per heavy atom. The van der Waals surface area contributed by atoms with E-state index in [4.69, 9.17) is 0 Å². The van der Waals surface area contributed by atoms with Gasteiger partial charge < -0.3 is 10.6 Å². The predicted molar refractivity (Wildman–Crippen MR) is 99.5 cm³/mol. The van der Waals surface area contributed by atoms with Crippen molar-refractivity contribution in [1.82, 2.24) is 14.8 Å². The molecule has 132 valence electrons. The Labute approximate surface area is 151 Å². The minimum atomic E-state index is -0.280. The maximum atomic E-state index is 12.4. The van der Waals surface area contributed by atoms with Crippen molar-refractivity contribution in [2.24, 2.45) is 0 Å². The molecule has 0 spiro atoms. The molecule has 2 heterocycles. The van der Waals surface area contributed by atoms with Crippen LogP contribution in [0.1, 0.15) is 28.7 Å². The molecule has 0 fully saturated rings. The fourth-order valence-corrected chi connectivity index (χ4v) is 2.59. The lowest BCUT2D eigenvalue weighted by Crippen LogP contribution is -2.13. The molecule has 26 heavy (non-hydrogen) atoms. The quantitative estimate of drug-likeness (QED) is 0.757. The number of benzene rings is 1. The van der Waals surface area contributed by atoms with Crippen molar-refractivity contribution < 1.29 is 9.59 Å². The van der Waals surface area contributed by atoms with E-state index in [1.54, 1.807) is 47.3 Å².